The number of guanidine groups is 2. The molecule has 0 amide bonds. The van der Waals surface area contributed by atoms with Gasteiger partial charge in [-0.3, -0.25) is 0 Å². The molecule has 0 unspecified atom stereocenters. The standard InChI is InChI=1S/C14H22N6/c15-8-7-11-3-5-12(6-4-11)18-13(16)19-14(17)20-9-1-2-10-20/h3-6H,1-2,7-10,15H2,(H4,16,17,18,19). The van der Waals surface area contributed by atoms with Crippen molar-refractivity contribution in [1.29, 1.82) is 0 Å². The molecule has 1 fully saturated rings. The Bertz CT molecular complexity index is 485. The van der Waals surface area contributed by atoms with E-state index in [0.717, 1.165) is 38.0 Å². The Morgan fingerprint density at radius 1 is 1.10 bits per heavy atom. The summed E-state index contributed by atoms with van der Waals surface area (Å²) in [5.41, 5.74) is 19.2. The zero-order valence-corrected chi connectivity index (χ0v) is 11.6. The van der Waals surface area contributed by atoms with E-state index in [2.05, 4.69) is 9.98 Å². The van der Waals surface area contributed by atoms with E-state index >= 15 is 0 Å². The molecule has 6 N–H and O–H groups in total. The van der Waals surface area contributed by atoms with Gasteiger partial charge in [0.05, 0.1) is 5.69 Å². The Balaban J connectivity index is 2.03. The Hall–Kier alpha value is -2.08. The third kappa shape index (κ3) is 3.96. The molecule has 6 heteroatoms. The molecule has 0 spiro atoms. The molecular formula is C14H22N6. The second-order valence-electron chi connectivity index (χ2n) is 4.84. The van der Waals surface area contributed by atoms with Gasteiger partial charge in [-0.05, 0) is 43.5 Å². The van der Waals surface area contributed by atoms with Crippen molar-refractivity contribution in [3.63, 3.8) is 0 Å². The summed E-state index contributed by atoms with van der Waals surface area (Å²) in [4.78, 5) is 10.4. The van der Waals surface area contributed by atoms with Crippen molar-refractivity contribution in [3.05, 3.63) is 29.8 Å². The van der Waals surface area contributed by atoms with Crippen molar-refractivity contribution in [2.24, 2.45) is 27.2 Å². The Labute approximate surface area is 119 Å². The quantitative estimate of drug-likeness (QED) is 0.552. The average molecular weight is 274 g/mol. The van der Waals surface area contributed by atoms with E-state index in [1.165, 1.54) is 5.56 Å². The van der Waals surface area contributed by atoms with Crippen molar-refractivity contribution in [2.75, 3.05) is 19.6 Å². The minimum atomic E-state index is 0.181. The highest BCUT2D eigenvalue weighted by molar-refractivity contribution is 5.94. The lowest BCUT2D eigenvalue weighted by atomic mass is 10.1. The van der Waals surface area contributed by atoms with Crippen molar-refractivity contribution in [3.8, 4) is 0 Å². The van der Waals surface area contributed by atoms with Gasteiger partial charge < -0.3 is 22.1 Å². The molecule has 0 radical (unpaired) electrons. The molecule has 0 bridgehead atoms. The summed E-state index contributed by atoms with van der Waals surface area (Å²) in [7, 11) is 0. The second-order valence-corrected chi connectivity index (χ2v) is 4.84. The maximum atomic E-state index is 5.90. The van der Waals surface area contributed by atoms with E-state index in [1.54, 1.807) is 0 Å². The topological polar surface area (TPSA) is 106 Å². The SMILES string of the molecule is NCCc1ccc(N=C(N)N=C(N)N2CCCC2)cc1. The minimum Gasteiger partial charge on any atom is -0.369 e. The van der Waals surface area contributed by atoms with Crippen LogP contribution in [0.2, 0.25) is 0 Å². The number of likely N-dealkylation sites (tertiary alicyclic amines) is 1. The van der Waals surface area contributed by atoms with E-state index in [-0.39, 0.29) is 5.96 Å². The van der Waals surface area contributed by atoms with Crippen LogP contribution in [0.3, 0.4) is 0 Å². The monoisotopic (exact) mass is 274 g/mol. The Kier molecular flexibility index (Phi) is 4.95. The first kappa shape index (κ1) is 14.3. The second kappa shape index (κ2) is 6.91. The number of rotatable bonds is 3. The molecule has 2 rings (SSSR count). The summed E-state index contributed by atoms with van der Waals surface area (Å²) in [6.45, 7) is 2.52. The van der Waals surface area contributed by atoms with E-state index in [1.807, 2.05) is 29.2 Å². The average Bonchev–Trinajstić information content (AvgIpc) is 2.95. The molecule has 0 aliphatic carbocycles. The van der Waals surface area contributed by atoms with Crippen LogP contribution in [0.15, 0.2) is 34.3 Å². The molecule has 1 aromatic carbocycles. The lowest BCUT2D eigenvalue weighted by Crippen LogP contribution is -2.36. The summed E-state index contributed by atoms with van der Waals surface area (Å²) >= 11 is 0. The van der Waals surface area contributed by atoms with Gasteiger partial charge in [0.25, 0.3) is 0 Å². The molecule has 0 saturated carbocycles. The van der Waals surface area contributed by atoms with Crippen LogP contribution in [-0.2, 0) is 6.42 Å². The number of nitrogens with two attached hydrogens (primary N) is 3. The van der Waals surface area contributed by atoms with E-state index in [4.69, 9.17) is 17.2 Å². The number of hydrogen-bond acceptors (Lipinski definition) is 2. The van der Waals surface area contributed by atoms with Gasteiger partial charge in [-0.2, -0.15) is 4.99 Å². The molecule has 1 aliphatic rings. The van der Waals surface area contributed by atoms with E-state index in [9.17, 15) is 0 Å². The van der Waals surface area contributed by atoms with Crippen LogP contribution in [-0.4, -0.2) is 36.5 Å². The normalized spacial score (nSPS) is 16.8. The molecule has 0 aromatic heterocycles. The molecule has 1 aliphatic heterocycles. The van der Waals surface area contributed by atoms with Gasteiger partial charge >= 0.3 is 0 Å². The summed E-state index contributed by atoms with van der Waals surface area (Å²) in [5.74, 6) is 0.629. The lowest BCUT2D eigenvalue weighted by Gasteiger charge is -2.15. The van der Waals surface area contributed by atoms with Crippen molar-refractivity contribution in [1.82, 2.24) is 4.90 Å². The molecule has 1 aromatic rings. The highest BCUT2D eigenvalue weighted by Gasteiger charge is 2.13. The first-order valence-electron chi connectivity index (χ1n) is 6.91. The summed E-state index contributed by atoms with van der Waals surface area (Å²) in [5, 5.41) is 0. The fourth-order valence-corrected chi connectivity index (χ4v) is 2.20. The van der Waals surface area contributed by atoms with Crippen molar-refractivity contribution in [2.45, 2.75) is 19.3 Å². The van der Waals surface area contributed by atoms with Gasteiger partial charge in [-0.25, -0.2) is 4.99 Å². The molecule has 108 valence electrons. The summed E-state index contributed by atoms with van der Waals surface area (Å²) in [6, 6.07) is 7.79. The Morgan fingerprint density at radius 2 is 1.75 bits per heavy atom. The number of hydrogen-bond donors (Lipinski definition) is 3. The molecule has 1 heterocycles. The third-order valence-electron chi connectivity index (χ3n) is 3.27. The van der Waals surface area contributed by atoms with Gasteiger partial charge in [-0.1, -0.05) is 12.1 Å². The van der Waals surface area contributed by atoms with Crippen LogP contribution in [0.4, 0.5) is 5.69 Å². The predicted octanol–water partition coefficient (Wildman–Crippen LogP) is 0.545. The maximum absolute atomic E-state index is 5.90. The van der Waals surface area contributed by atoms with Gasteiger partial charge in [-0.15, -0.1) is 0 Å². The molecule has 1 saturated heterocycles. The van der Waals surface area contributed by atoms with Crippen LogP contribution in [0.5, 0.6) is 0 Å². The molecular weight excluding hydrogens is 252 g/mol. The molecule has 20 heavy (non-hydrogen) atoms. The maximum Gasteiger partial charge on any atom is 0.223 e. The zero-order valence-electron chi connectivity index (χ0n) is 11.6. The Morgan fingerprint density at radius 3 is 2.35 bits per heavy atom. The van der Waals surface area contributed by atoms with Gasteiger partial charge in [0.1, 0.15) is 0 Å². The van der Waals surface area contributed by atoms with Crippen LogP contribution < -0.4 is 17.2 Å². The number of benzene rings is 1. The van der Waals surface area contributed by atoms with Crippen LogP contribution in [0, 0.1) is 0 Å². The fourth-order valence-electron chi connectivity index (χ4n) is 2.20. The summed E-state index contributed by atoms with van der Waals surface area (Å²) in [6.07, 6.45) is 3.16. The van der Waals surface area contributed by atoms with E-state index < -0.39 is 0 Å². The van der Waals surface area contributed by atoms with Crippen LogP contribution in [0.1, 0.15) is 18.4 Å². The van der Waals surface area contributed by atoms with Gasteiger partial charge in [0.2, 0.25) is 5.96 Å². The third-order valence-corrected chi connectivity index (χ3v) is 3.27. The van der Waals surface area contributed by atoms with Crippen LogP contribution in [0.25, 0.3) is 0 Å². The van der Waals surface area contributed by atoms with E-state index in [0.29, 0.717) is 12.5 Å². The zero-order chi connectivity index (χ0) is 14.4. The largest absolute Gasteiger partial charge is 0.369 e. The molecule has 0 atom stereocenters. The smallest absolute Gasteiger partial charge is 0.223 e. The van der Waals surface area contributed by atoms with Crippen molar-refractivity contribution >= 4 is 17.6 Å². The first-order chi connectivity index (χ1) is 9.69. The number of nitrogens with zero attached hydrogens (tertiary/aromatic N) is 3. The first-order valence-corrected chi connectivity index (χ1v) is 6.91. The fraction of sp³-hybridized carbons (Fsp3) is 0.429. The van der Waals surface area contributed by atoms with Gasteiger partial charge in [0.15, 0.2) is 5.96 Å². The van der Waals surface area contributed by atoms with Gasteiger partial charge in [0, 0.05) is 13.1 Å². The van der Waals surface area contributed by atoms with Crippen LogP contribution >= 0.6 is 0 Å². The molecule has 6 nitrogen and oxygen atoms in total. The van der Waals surface area contributed by atoms with Crippen molar-refractivity contribution < 1.29 is 0 Å². The number of aliphatic imine (C=N–C) groups is 2. The predicted molar refractivity (Wildman–Crippen MR) is 82.9 cm³/mol. The lowest BCUT2D eigenvalue weighted by molar-refractivity contribution is 0.514. The minimum absolute atomic E-state index is 0.181. The summed E-state index contributed by atoms with van der Waals surface area (Å²) < 4.78 is 0. The highest BCUT2D eigenvalue weighted by Crippen LogP contribution is 2.13. The highest BCUT2D eigenvalue weighted by atomic mass is 15.3.